The summed E-state index contributed by atoms with van der Waals surface area (Å²) in [6.45, 7) is 3.96. The van der Waals surface area contributed by atoms with Crippen molar-refractivity contribution in [3.63, 3.8) is 0 Å². The average molecular weight is 337 g/mol. The summed E-state index contributed by atoms with van der Waals surface area (Å²) in [5.74, 6) is -0.875. The maximum absolute atomic E-state index is 10.9. The fourth-order valence-electron chi connectivity index (χ4n) is 4.15. The molecular formula is C22H27NO2. The molecule has 0 aliphatic heterocycles. The van der Waals surface area contributed by atoms with Crippen LogP contribution in [-0.4, -0.2) is 17.6 Å². The van der Waals surface area contributed by atoms with Gasteiger partial charge in [0.15, 0.2) is 0 Å². The van der Waals surface area contributed by atoms with Crippen LogP contribution in [-0.2, 0) is 12.0 Å². The third kappa shape index (κ3) is 4.10. The van der Waals surface area contributed by atoms with E-state index in [-0.39, 0.29) is 5.41 Å². The second-order valence-electron chi connectivity index (χ2n) is 7.26. The molecule has 3 nitrogen and oxygen atoms in total. The SMILES string of the molecule is Cc1ccccc1C1(CNCc2ccc(C(=O)O)cc2)CCCCC1. The number of hydrogen-bond acceptors (Lipinski definition) is 2. The zero-order valence-corrected chi connectivity index (χ0v) is 14.9. The fourth-order valence-corrected chi connectivity index (χ4v) is 4.15. The minimum atomic E-state index is -0.875. The molecule has 0 spiro atoms. The number of rotatable bonds is 6. The first-order valence-electron chi connectivity index (χ1n) is 9.20. The van der Waals surface area contributed by atoms with Gasteiger partial charge in [0.1, 0.15) is 0 Å². The molecule has 3 rings (SSSR count). The molecule has 1 aliphatic rings. The summed E-state index contributed by atoms with van der Waals surface area (Å²) in [6.07, 6.45) is 6.41. The van der Waals surface area contributed by atoms with Crippen molar-refractivity contribution in [1.29, 1.82) is 0 Å². The van der Waals surface area contributed by atoms with Crippen LogP contribution in [0.2, 0.25) is 0 Å². The van der Waals surface area contributed by atoms with Crippen molar-refractivity contribution >= 4 is 5.97 Å². The highest BCUT2D eigenvalue weighted by molar-refractivity contribution is 5.87. The number of carbonyl (C=O) groups is 1. The van der Waals surface area contributed by atoms with Crippen molar-refractivity contribution in [2.75, 3.05) is 6.54 Å². The Labute approximate surface area is 150 Å². The molecule has 2 aromatic carbocycles. The molecule has 1 fully saturated rings. The number of nitrogens with one attached hydrogen (secondary N) is 1. The normalized spacial score (nSPS) is 16.5. The van der Waals surface area contributed by atoms with Crippen LogP contribution in [0.5, 0.6) is 0 Å². The summed E-state index contributed by atoms with van der Waals surface area (Å²) in [5.41, 5.74) is 4.57. The van der Waals surface area contributed by atoms with Crippen molar-refractivity contribution in [2.45, 2.75) is 51.0 Å². The van der Waals surface area contributed by atoms with Gasteiger partial charge in [-0.3, -0.25) is 0 Å². The second-order valence-corrected chi connectivity index (χ2v) is 7.26. The molecule has 25 heavy (non-hydrogen) atoms. The molecule has 3 heteroatoms. The molecule has 0 aromatic heterocycles. The third-order valence-electron chi connectivity index (χ3n) is 5.52. The van der Waals surface area contributed by atoms with E-state index in [1.54, 1.807) is 12.1 Å². The highest BCUT2D eigenvalue weighted by atomic mass is 16.4. The summed E-state index contributed by atoms with van der Waals surface area (Å²) in [6, 6.07) is 15.9. The Morgan fingerprint density at radius 3 is 2.36 bits per heavy atom. The zero-order valence-electron chi connectivity index (χ0n) is 14.9. The Balaban J connectivity index is 1.69. The summed E-state index contributed by atoms with van der Waals surface area (Å²) < 4.78 is 0. The van der Waals surface area contributed by atoms with E-state index in [2.05, 4.69) is 36.5 Å². The predicted octanol–water partition coefficient (Wildman–Crippen LogP) is 4.68. The first-order chi connectivity index (χ1) is 12.1. The summed E-state index contributed by atoms with van der Waals surface area (Å²) >= 11 is 0. The summed E-state index contributed by atoms with van der Waals surface area (Å²) in [5, 5.41) is 12.6. The standard InChI is InChI=1S/C22H27NO2/c1-17-7-3-4-8-20(17)22(13-5-2-6-14-22)16-23-15-18-9-11-19(12-10-18)21(24)25/h3-4,7-12,23H,2,5-6,13-16H2,1H3,(H,24,25). The molecule has 0 amide bonds. The van der Waals surface area contributed by atoms with Crippen molar-refractivity contribution in [1.82, 2.24) is 5.32 Å². The lowest BCUT2D eigenvalue weighted by molar-refractivity contribution is 0.0697. The molecule has 132 valence electrons. The molecule has 2 N–H and O–H groups in total. The van der Waals surface area contributed by atoms with Crippen molar-refractivity contribution in [3.05, 3.63) is 70.8 Å². The highest BCUT2D eigenvalue weighted by Crippen LogP contribution is 2.40. The van der Waals surface area contributed by atoms with Gasteiger partial charge in [0, 0.05) is 18.5 Å². The number of carboxylic acids is 1. The van der Waals surface area contributed by atoms with Crippen LogP contribution >= 0.6 is 0 Å². The van der Waals surface area contributed by atoms with E-state index >= 15 is 0 Å². The van der Waals surface area contributed by atoms with Gasteiger partial charge in [-0.25, -0.2) is 4.79 Å². The third-order valence-corrected chi connectivity index (χ3v) is 5.52. The topological polar surface area (TPSA) is 49.3 Å². The second kappa shape index (κ2) is 7.83. The van der Waals surface area contributed by atoms with Crippen molar-refractivity contribution in [2.24, 2.45) is 0 Å². The van der Waals surface area contributed by atoms with Gasteiger partial charge >= 0.3 is 5.97 Å². The Bertz CT molecular complexity index is 715. The fraction of sp³-hybridized carbons (Fsp3) is 0.409. The van der Waals surface area contributed by atoms with E-state index in [9.17, 15) is 4.79 Å². The van der Waals surface area contributed by atoms with Gasteiger partial charge in [-0.15, -0.1) is 0 Å². The molecule has 0 bridgehead atoms. The van der Waals surface area contributed by atoms with Crippen molar-refractivity contribution < 1.29 is 9.90 Å². The van der Waals surface area contributed by atoms with Gasteiger partial charge < -0.3 is 10.4 Å². The zero-order chi connectivity index (χ0) is 17.7. The minimum Gasteiger partial charge on any atom is -0.478 e. The van der Waals surface area contributed by atoms with E-state index in [0.29, 0.717) is 5.56 Å². The quantitative estimate of drug-likeness (QED) is 0.804. The van der Waals surface area contributed by atoms with Crippen LogP contribution in [0.4, 0.5) is 0 Å². The average Bonchev–Trinajstić information content (AvgIpc) is 2.63. The molecule has 1 saturated carbocycles. The Morgan fingerprint density at radius 2 is 1.72 bits per heavy atom. The number of hydrogen-bond donors (Lipinski definition) is 2. The van der Waals surface area contributed by atoms with Gasteiger partial charge in [-0.2, -0.15) is 0 Å². The smallest absolute Gasteiger partial charge is 0.335 e. The van der Waals surface area contributed by atoms with Crippen LogP contribution in [0.1, 0.15) is 59.2 Å². The predicted molar refractivity (Wildman–Crippen MR) is 101 cm³/mol. The lowest BCUT2D eigenvalue weighted by Crippen LogP contribution is -2.40. The molecule has 2 aromatic rings. The number of aryl methyl sites for hydroxylation is 1. The molecule has 1 aliphatic carbocycles. The lowest BCUT2D eigenvalue weighted by Gasteiger charge is -2.39. The van der Waals surface area contributed by atoms with Gasteiger partial charge in [-0.1, -0.05) is 55.7 Å². The lowest BCUT2D eigenvalue weighted by atomic mass is 9.68. The Morgan fingerprint density at radius 1 is 1.04 bits per heavy atom. The Hall–Kier alpha value is -2.13. The van der Waals surface area contributed by atoms with E-state index in [4.69, 9.17) is 5.11 Å². The van der Waals surface area contributed by atoms with Crippen LogP contribution < -0.4 is 5.32 Å². The van der Waals surface area contributed by atoms with Crippen molar-refractivity contribution in [3.8, 4) is 0 Å². The molecule has 0 saturated heterocycles. The van der Waals surface area contributed by atoms with E-state index in [0.717, 1.165) is 18.7 Å². The van der Waals surface area contributed by atoms with E-state index in [1.165, 1.54) is 43.2 Å². The van der Waals surface area contributed by atoms with Crippen LogP contribution in [0.25, 0.3) is 0 Å². The molecule has 0 atom stereocenters. The number of aromatic carboxylic acids is 1. The summed E-state index contributed by atoms with van der Waals surface area (Å²) in [7, 11) is 0. The molecule has 0 radical (unpaired) electrons. The van der Waals surface area contributed by atoms with Gasteiger partial charge in [-0.05, 0) is 48.6 Å². The molecule has 0 heterocycles. The maximum atomic E-state index is 10.9. The van der Waals surface area contributed by atoms with Gasteiger partial charge in [0.2, 0.25) is 0 Å². The maximum Gasteiger partial charge on any atom is 0.335 e. The van der Waals surface area contributed by atoms with Crippen LogP contribution in [0.3, 0.4) is 0 Å². The minimum absolute atomic E-state index is 0.227. The Kier molecular flexibility index (Phi) is 5.54. The monoisotopic (exact) mass is 337 g/mol. The largest absolute Gasteiger partial charge is 0.478 e. The van der Waals surface area contributed by atoms with Gasteiger partial charge in [0.05, 0.1) is 5.56 Å². The summed E-state index contributed by atoms with van der Waals surface area (Å²) in [4.78, 5) is 10.9. The van der Waals surface area contributed by atoms with E-state index < -0.39 is 5.97 Å². The first kappa shape index (κ1) is 17.7. The van der Waals surface area contributed by atoms with Gasteiger partial charge in [0.25, 0.3) is 0 Å². The van der Waals surface area contributed by atoms with Crippen LogP contribution in [0.15, 0.2) is 48.5 Å². The van der Waals surface area contributed by atoms with E-state index in [1.807, 2.05) is 12.1 Å². The number of carboxylic acid groups (broad SMARTS) is 1. The molecular weight excluding hydrogens is 310 g/mol. The number of benzene rings is 2. The molecule has 0 unspecified atom stereocenters. The highest BCUT2D eigenvalue weighted by Gasteiger charge is 2.34. The first-order valence-corrected chi connectivity index (χ1v) is 9.20. The van der Waals surface area contributed by atoms with Crippen LogP contribution in [0, 0.1) is 6.92 Å².